The fourth-order valence-corrected chi connectivity index (χ4v) is 1.91. The van der Waals surface area contributed by atoms with Crippen LogP contribution >= 0.6 is 0 Å². The molecule has 0 bridgehead atoms. The normalized spacial score (nSPS) is 10.1. The van der Waals surface area contributed by atoms with Crippen LogP contribution in [-0.4, -0.2) is 25.7 Å². The summed E-state index contributed by atoms with van der Waals surface area (Å²) in [5.41, 5.74) is 4.01. The number of nitrogens with one attached hydrogen (secondary N) is 1. The van der Waals surface area contributed by atoms with E-state index in [0.29, 0.717) is 5.71 Å². The lowest BCUT2D eigenvalue weighted by molar-refractivity contribution is 0.416. The molecule has 18 heavy (non-hydrogen) atoms. The number of methoxy groups -OCH3 is 1. The molecule has 1 aromatic heterocycles. The Morgan fingerprint density at radius 2 is 1.94 bits per heavy atom. The van der Waals surface area contributed by atoms with Crippen LogP contribution in [0.5, 0.6) is 5.75 Å². The van der Waals surface area contributed by atoms with Crippen molar-refractivity contribution in [3.05, 3.63) is 42.1 Å². The molecule has 0 unspecified atom stereocenters. The van der Waals surface area contributed by atoms with Gasteiger partial charge in [0.2, 0.25) is 0 Å². The van der Waals surface area contributed by atoms with Gasteiger partial charge in [-0.25, -0.2) is 4.98 Å². The molecule has 0 aliphatic carbocycles. The fourth-order valence-electron chi connectivity index (χ4n) is 1.91. The monoisotopic (exact) mass is 238 g/mol. The van der Waals surface area contributed by atoms with Crippen molar-refractivity contribution in [2.75, 3.05) is 7.11 Å². The van der Waals surface area contributed by atoms with Crippen LogP contribution in [0.25, 0.3) is 11.3 Å². The molecule has 90 valence electrons. The number of pyridine rings is 1. The predicted molar refractivity (Wildman–Crippen MR) is 76.9 cm³/mol. The molecule has 0 aliphatic rings. The van der Waals surface area contributed by atoms with Crippen LogP contribution in [0, 0.1) is 5.41 Å². The summed E-state index contributed by atoms with van der Waals surface area (Å²) in [5, 5.41) is 7.74. The second kappa shape index (κ2) is 5.04. The molecule has 0 saturated carbocycles. The minimum absolute atomic E-state index is 0.476. The standard InChI is InChI=1S/C14H15BN2O/c1-9(16)14-11(15)7-8-12(17-14)10-5-3-4-6-13(10)18-2/h3-8,16H,15H2,1-2H3. The largest absolute Gasteiger partial charge is 0.496 e. The van der Waals surface area contributed by atoms with Gasteiger partial charge in [0.05, 0.1) is 24.2 Å². The van der Waals surface area contributed by atoms with E-state index in [9.17, 15) is 0 Å². The van der Waals surface area contributed by atoms with Gasteiger partial charge in [0.25, 0.3) is 0 Å². The lowest BCUT2D eigenvalue weighted by Gasteiger charge is -2.10. The van der Waals surface area contributed by atoms with Gasteiger partial charge in [-0.3, -0.25) is 0 Å². The molecule has 0 amide bonds. The molecule has 0 radical (unpaired) electrons. The summed E-state index contributed by atoms with van der Waals surface area (Å²) in [6.45, 7) is 1.75. The van der Waals surface area contributed by atoms with Crippen LogP contribution in [0.2, 0.25) is 0 Å². The molecule has 0 fully saturated rings. The van der Waals surface area contributed by atoms with Gasteiger partial charge in [-0.1, -0.05) is 23.7 Å². The lowest BCUT2D eigenvalue weighted by atomic mass is 9.91. The average Bonchev–Trinajstić information content (AvgIpc) is 2.39. The maximum absolute atomic E-state index is 7.74. The van der Waals surface area contributed by atoms with E-state index in [4.69, 9.17) is 10.1 Å². The van der Waals surface area contributed by atoms with Gasteiger partial charge in [0.15, 0.2) is 0 Å². The Hall–Kier alpha value is -2.10. The first kappa shape index (κ1) is 12.4. The first-order valence-electron chi connectivity index (χ1n) is 5.80. The highest BCUT2D eigenvalue weighted by Gasteiger charge is 2.09. The Morgan fingerprint density at radius 3 is 2.61 bits per heavy atom. The molecular formula is C14H15BN2O. The number of nitrogens with zero attached hydrogens (tertiary/aromatic N) is 1. The molecule has 4 heteroatoms. The third-order valence-electron chi connectivity index (χ3n) is 2.84. The van der Waals surface area contributed by atoms with Gasteiger partial charge in [-0.15, -0.1) is 0 Å². The first-order valence-corrected chi connectivity index (χ1v) is 5.80. The molecule has 1 aromatic carbocycles. The van der Waals surface area contributed by atoms with Crippen LogP contribution in [0.1, 0.15) is 12.6 Å². The van der Waals surface area contributed by atoms with Crippen LogP contribution in [0.4, 0.5) is 0 Å². The molecule has 1 heterocycles. The van der Waals surface area contributed by atoms with Crippen molar-refractivity contribution in [3.8, 4) is 17.0 Å². The van der Waals surface area contributed by atoms with E-state index in [0.717, 1.165) is 28.2 Å². The van der Waals surface area contributed by atoms with Gasteiger partial charge in [-0.05, 0) is 25.1 Å². The summed E-state index contributed by atoms with van der Waals surface area (Å²) in [6, 6.07) is 11.7. The van der Waals surface area contributed by atoms with Crippen molar-refractivity contribution >= 4 is 19.0 Å². The lowest BCUT2D eigenvalue weighted by Crippen LogP contribution is -2.16. The summed E-state index contributed by atoms with van der Waals surface area (Å²) >= 11 is 0. The van der Waals surface area contributed by atoms with Crippen molar-refractivity contribution in [3.63, 3.8) is 0 Å². The maximum atomic E-state index is 7.74. The van der Waals surface area contributed by atoms with E-state index < -0.39 is 0 Å². The number of para-hydroxylation sites is 1. The summed E-state index contributed by atoms with van der Waals surface area (Å²) < 4.78 is 5.34. The highest BCUT2D eigenvalue weighted by molar-refractivity contribution is 6.36. The van der Waals surface area contributed by atoms with Gasteiger partial charge >= 0.3 is 0 Å². The average molecular weight is 238 g/mol. The molecular weight excluding hydrogens is 223 g/mol. The van der Waals surface area contributed by atoms with Crippen LogP contribution < -0.4 is 10.2 Å². The van der Waals surface area contributed by atoms with Crippen molar-refractivity contribution < 1.29 is 4.74 Å². The molecule has 2 rings (SSSR count). The Morgan fingerprint density at radius 1 is 1.22 bits per heavy atom. The SMILES string of the molecule is Bc1ccc(-c2ccccc2OC)nc1C(C)=N. The van der Waals surface area contributed by atoms with E-state index in [2.05, 4.69) is 4.98 Å². The Kier molecular flexibility index (Phi) is 3.46. The minimum Gasteiger partial charge on any atom is -0.496 e. The van der Waals surface area contributed by atoms with Gasteiger partial charge in [0, 0.05) is 5.56 Å². The van der Waals surface area contributed by atoms with E-state index >= 15 is 0 Å². The van der Waals surface area contributed by atoms with Crippen LogP contribution in [0.15, 0.2) is 36.4 Å². The van der Waals surface area contributed by atoms with Crippen LogP contribution in [0.3, 0.4) is 0 Å². The van der Waals surface area contributed by atoms with Gasteiger partial charge < -0.3 is 10.1 Å². The number of benzene rings is 1. The molecule has 0 aliphatic heterocycles. The summed E-state index contributed by atoms with van der Waals surface area (Å²) in [5.74, 6) is 0.794. The zero-order valence-corrected chi connectivity index (χ0v) is 10.8. The number of aromatic nitrogens is 1. The highest BCUT2D eigenvalue weighted by atomic mass is 16.5. The van der Waals surface area contributed by atoms with Crippen molar-refractivity contribution in [2.45, 2.75) is 6.92 Å². The van der Waals surface area contributed by atoms with E-state index in [-0.39, 0.29) is 0 Å². The van der Waals surface area contributed by atoms with Crippen molar-refractivity contribution in [2.24, 2.45) is 0 Å². The second-order valence-electron chi connectivity index (χ2n) is 4.19. The third kappa shape index (κ3) is 2.27. The molecule has 0 atom stereocenters. The number of hydrogen-bond donors (Lipinski definition) is 1. The molecule has 2 aromatic rings. The maximum Gasteiger partial charge on any atom is 0.142 e. The van der Waals surface area contributed by atoms with Gasteiger partial charge in [0.1, 0.15) is 13.6 Å². The Balaban J connectivity index is 2.58. The number of ether oxygens (including phenoxy) is 1. The summed E-state index contributed by atoms with van der Waals surface area (Å²) in [4.78, 5) is 4.55. The zero-order valence-electron chi connectivity index (χ0n) is 10.8. The topological polar surface area (TPSA) is 46.0 Å². The molecule has 0 spiro atoms. The summed E-state index contributed by atoms with van der Waals surface area (Å²) in [6.07, 6.45) is 0. The van der Waals surface area contributed by atoms with Crippen molar-refractivity contribution in [1.82, 2.24) is 4.98 Å². The second-order valence-corrected chi connectivity index (χ2v) is 4.19. The molecule has 0 saturated heterocycles. The smallest absolute Gasteiger partial charge is 0.142 e. The fraction of sp³-hybridized carbons (Fsp3) is 0.143. The third-order valence-corrected chi connectivity index (χ3v) is 2.84. The number of rotatable bonds is 3. The quantitative estimate of drug-likeness (QED) is 0.649. The minimum atomic E-state index is 0.476. The van der Waals surface area contributed by atoms with Gasteiger partial charge in [-0.2, -0.15) is 0 Å². The Labute approximate surface area is 108 Å². The van der Waals surface area contributed by atoms with E-state index in [1.165, 1.54) is 0 Å². The molecule has 1 N–H and O–H groups in total. The van der Waals surface area contributed by atoms with Crippen LogP contribution in [-0.2, 0) is 0 Å². The highest BCUT2D eigenvalue weighted by Crippen LogP contribution is 2.27. The first-order chi connectivity index (χ1) is 8.63. The predicted octanol–water partition coefficient (Wildman–Crippen LogP) is 1.40. The molecule has 3 nitrogen and oxygen atoms in total. The van der Waals surface area contributed by atoms with E-state index in [1.807, 2.05) is 44.2 Å². The summed E-state index contributed by atoms with van der Waals surface area (Å²) in [7, 11) is 3.61. The number of hydrogen-bond acceptors (Lipinski definition) is 3. The zero-order chi connectivity index (χ0) is 13.1. The van der Waals surface area contributed by atoms with E-state index in [1.54, 1.807) is 14.0 Å². The van der Waals surface area contributed by atoms with Crippen molar-refractivity contribution in [1.29, 1.82) is 5.41 Å². The Bertz CT molecular complexity index is 596.